The van der Waals surface area contributed by atoms with Gasteiger partial charge in [0.25, 0.3) is 0 Å². The summed E-state index contributed by atoms with van der Waals surface area (Å²) in [6, 6.07) is -0.0549. The number of hydrogen-bond acceptors (Lipinski definition) is 5. The number of carbonyl (C=O) groups excluding carboxylic acids is 2. The van der Waals surface area contributed by atoms with Gasteiger partial charge in [-0.1, -0.05) is 0 Å². The van der Waals surface area contributed by atoms with E-state index < -0.39 is 11.2 Å². The topological polar surface area (TPSA) is 65.1 Å². The van der Waals surface area contributed by atoms with Crippen molar-refractivity contribution in [3.8, 4) is 0 Å². The van der Waals surface area contributed by atoms with Gasteiger partial charge in [-0.3, -0.25) is 4.79 Å². The van der Waals surface area contributed by atoms with E-state index in [4.69, 9.17) is 14.2 Å². The summed E-state index contributed by atoms with van der Waals surface area (Å²) in [5, 5.41) is 0. The molecule has 0 bridgehead atoms. The Bertz CT molecular complexity index is 493. The zero-order valence-electron chi connectivity index (χ0n) is 14.0. The summed E-state index contributed by atoms with van der Waals surface area (Å²) >= 11 is 0. The van der Waals surface area contributed by atoms with Gasteiger partial charge in [-0.15, -0.1) is 0 Å². The highest BCUT2D eigenvalue weighted by molar-refractivity contribution is 5.69. The summed E-state index contributed by atoms with van der Waals surface area (Å²) in [6.45, 7) is 9.83. The number of rotatable bonds is 1. The molecular weight excluding hydrogens is 286 g/mol. The fraction of sp³-hybridized carbons (Fsp3) is 0.750. The molecule has 1 saturated heterocycles. The Balaban J connectivity index is 2.05. The SMILES string of the molecule is CC(=O)OC1=CCOC12CCN(C(=O)OC(C)(C)C)[C@H](C)C2. The molecule has 22 heavy (non-hydrogen) atoms. The second-order valence-electron chi connectivity index (χ2n) is 6.94. The highest BCUT2D eigenvalue weighted by atomic mass is 16.6. The fourth-order valence-electron chi connectivity index (χ4n) is 2.98. The zero-order chi connectivity index (χ0) is 16.5. The summed E-state index contributed by atoms with van der Waals surface area (Å²) in [5.41, 5.74) is -1.11. The number of esters is 1. The maximum absolute atomic E-state index is 12.2. The normalized spacial score (nSPS) is 28.5. The molecule has 6 heteroatoms. The van der Waals surface area contributed by atoms with Crippen LogP contribution in [0.2, 0.25) is 0 Å². The average molecular weight is 311 g/mol. The van der Waals surface area contributed by atoms with Gasteiger partial charge in [0.1, 0.15) is 17.0 Å². The largest absolute Gasteiger partial charge is 0.444 e. The van der Waals surface area contributed by atoms with Crippen molar-refractivity contribution >= 4 is 12.1 Å². The van der Waals surface area contributed by atoms with Gasteiger partial charge >= 0.3 is 12.1 Å². The van der Waals surface area contributed by atoms with Crippen molar-refractivity contribution in [3.63, 3.8) is 0 Å². The van der Waals surface area contributed by atoms with E-state index in [1.165, 1.54) is 6.92 Å². The lowest BCUT2D eigenvalue weighted by atomic mass is 9.86. The molecule has 2 rings (SSSR count). The summed E-state index contributed by atoms with van der Waals surface area (Å²) in [6.07, 6.45) is 2.67. The van der Waals surface area contributed by atoms with Crippen LogP contribution in [0.25, 0.3) is 0 Å². The summed E-state index contributed by atoms with van der Waals surface area (Å²) in [4.78, 5) is 25.2. The van der Waals surface area contributed by atoms with Gasteiger partial charge < -0.3 is 19.1 Å². The van der Waals surface area contributed by atoms with Crippen LogP contribution in [0.4, 0.5) is 4.79 Å². The van der Waals surface area contributed by atoms with E-state index in [-0.39, 0.29) is 18.1 Å². The first kappa shape index (κ1) is 16.8. The smallest absolute Gasteiger partial charge is 0.410 e. The molecule has 2 atom stereocenters. The number of piperidine rings is 1. The van der Waals surface area contributed by atoms with Crippen LogP contribution in [0.1, 0.15) is 47.5 Å². The molecule has 0 aromatic heterocycles. The molecule has 1 unspecified atom stereocenters. The van der Waals surface area contributed by atoms with Gasteiger partial charge in [0, 0.05) is 32.4 Å². The maximum atomic E-state index is 12.2. The minimum atomic E-state index is -0.594. The zero-order valence-corrected chi connectivity index (χ0v) is 14.0. The third-order valence-electron chi connectivity index (χ3n) is 3.87. The van der Waals surface area contributed by atoms with Crippen LogP contribution in [0.15, 0.2) is 11.8 Å². The summed E-state index contributed by atoms with van der Waals surface area (Å²) < 4.78 is 16.6. The Morgan fingerprint density at radius 1 is 1.41 bits per heavy atom. The summed E-state index contributed by atoms with van der Waals surface area (Å²) in [7, 11) is 0. The number of amides is 1. The number of nitrogens with zero attached hydrogens (tertiary/aromatic N) is 1. The lowest BCUT2D eigenvalue weighted by molar-refractivity contribution is -0.143. The van der Waals surface area contributed by atoms with E-state index in [1.54, 1.807) is 11.0 Å². The van der Waals surface area contributed by atoms with E-state index >= 15 is 0 Å². The molecule has 0 radical (unpaired) electrons. The minimum Gasteiger partial charge on any atom is -0.444 e. The van der Waals surface area contributed by atoms with Crippen molar-refractivity contribution in [1.82, 2.24) is 4.90 Å². The molecule has 6 nitrogen and oxygen atoms in total. The Hall–Kier alpha value is -1.56. The van der Waals surface area contributed by atoms with Crippen LogP contribution in [0, 0.1) is 0 Å². The van der Waals surface area contributed by atoms with E-state index in [0.717, 1.165) is 0 Å². The van der Waals surface area contributed by atoms with Gasteiger partial charge in [-0.05, 0) is 33.8 Å². The molecule has 2 aliphatic rings. The molecule has 124 valence electrons. The van der Waals surface area contributed by atoms with Crippen molar-refractivity contribution in [1.29, 1.82) is 0 Å². The van der Waals surface area contributed by atoms with Crippen LogP contribution in [0.3, 0.4) is 0 Å². The second-order valence-corrected chi connectivity index (χ2v) is 6.94. The van der Waals surface area contributed by atoms with E-state index in [0.29, 0.717) is 31.8 Å². The van der Waals surface area contributed by atoms with Gasteiger partial charge in [0.2, 0.25) is 0 Å². The highest BCUT2D eigenvalue weighted by Gasteiger charge is 2.47. The molecule has 1 amide bonds. The minimum absolute atomic E-state index is 0.0549. The predicted octanol–water partition coefficient (Wildman–Crippen LogP) is 2.62. The second kappa shape index (κ2) is 5.91. The number of likely N-dealkylation sites (tertiary alicyclic amines) is 1. The predicted molar refractivity (Wildman–Crippen MR) is 80.2 cm³/mol. The third-order valence-corrected chi connectivity index (χ3v) is 3.87. The first-order valence-electron chi connectivity index (χ1n) is 7.66. The average Bonchev–Trinajstić information content (AvgIpc) is 2.68. The van der Waals surface area contributed by atoms with Crippen molar-refractivity contribution in [2.45, 2.75) is 64.7 Å². The fourth-order valence-corrected chi connectivity index (χ4v) is 2.98. The van der Waals surface area contributed by atoms with E-state index in [2.05, 4.69) is 0 Å². The lowest BCUT2D eigenvalue weighted by Gasteiger charge is -2.43. The van der Waals surface area contributed by atoms with Crippen LogP contribution < -0.4 is 0 Å². The maximum Gasteiger partial charge on any atom is 0.410 e. The third kappa shape index (κ3) is 3.61. The quantitative estimate of drug-likeness (QED) is 0.697. The molecule has 1 spiro atoms. The van der Waals surface area contributed by atoms with Gasteiger partial charge in [0.15, 0.2) is 0 Å². The molecular formula is C16H25NO5. The molecule has 0 aliphatic carbocycles. The Morgan fingerprint density at radius 2 is 2.09 bits per heavy atom. The van der Waals surface area contributed by atoms with Gasteiger partial charge in [0.05, 0.1) is 6.61 Å². The van der Waals surface area contributed by atoms with E-state index in [1.807, 2.05) is 27.7 Å². The van der Waals surface area contributed by atoms with Crippen molar-refractivity contribution < 1.29 is 23.8 Å². The molecule has 0 N–H and O–H groups in total. The van der Waals surface area contributed by atoms with Gasteiger partial charge in [-0.2, -0.15) is 0 Å². The Morgan fingerprint density at radius 3 is 2.64 bits per heavy atom. The monoisotopic (exact) mass is 311 g/mol. The number of carbonyl (C=O) groups is 2. The van der Waals surface area contributed by atoms with Crippen LogP contribution in [0.5, 0.6) is 0 Å². The number of ether oxygens (including phenoxy) is 3. The van der Waals surface area contributed by atoms with E-state index in [9.17, 15) is 9.59 Å². The molecule has 0 saturated carbocycles. The van der Waals surface area contributed by atoms with Crippen molar-refractivity contribution in [3.05, 3.63) is 11.8 Å². The van der Waals surface area contributed by atoms with Crippen molar-refractivity contribution in [2.75, 3.05) is 13.2 Å². The van der Waals surface area contributed by atoms with Crippen LogP contribution in [-0.2, 0) is 19.0 Å². The van der Waals surface area contributed by atoms with Gasteiger partial charge in [-0.25, -0.2) is 4.79 Å². The summed E-state index contributed by atoms with van der Waals surface area (Å²) in [5.74, 6) is 0.231. The highest BCUT2D eigenvalue weighted by Crippen LogP contribution is 2.40. The first-order chi connectivity index (χ1) is 10.1. The standard InChI is InChI=1S/C16H25NO5/c1-11-10-16(13(6-9-20-16)21-12(2)18)7-8-17(11)14(19)22-15(3,4)5/h6,11H,7-10H2,1-5H3/t11-,16?/m1/s1. The first-order valence-corrected chi connectivity index (χ1v) is 7.66. The molecule has 0 aromatic rings. The number of hydrogen-bond donors (Lipinski definition) is 0. The van der Waals surface area contributed by atoms with Crippen LogP contribution >= 0.6 is 0 Å². The van der Waals surface area contributed by atoms with Crippen LogP contribution in [-0.4, -0.2) is 47.4 Å². The molecule has 0 aromatic carbocycles. The lowest BCUT2D eigenvalue weighted by Crippen LogP contribution is -2.53. The Kier molecular flexibility index (Phi) is 4.52. The van der Waals surface area contributed by atoms with Crippen molar-refractivity contribution in [2.24, 2.45) is 0 Å². The molecule has 2 heterocycles. The molecule has 1 fully saturated rings. The Labute approximate surface area is 131 Å². The molecule has 2 aliphatic heterocycles.